The van der Waals surface area contributed by atoms with Crippen molar-refractivity contribution < 1.29 is 0 Å². The van der Waals surface area contributed by atoms with Crippen molar-refractivity contribution in [2.45, 2.75) is 100 Å². The molecule has 0 fully saturated rings. The zero-order valence-corrected chi connectivity index (χ0v) is 20.7. The van der Waals surface area contributed by atoms with E-state index < -0.39 is 0 Å². The summed E-state index contributed by atoms with van der Waals surface area (Å²) < 4.78 is 0. The van der Waals surface area contributed by atoms with Gasteiger partial charge in [0.05, 0.1) is 6.04 Å². The van der Waals surface area contributed by atoms with Crippen LogP contribution in [0.1, 0.15) is 88.0 Å². The number of nitrogens with one attached hydrogen (secondary N) is 4. The van der Waals surface area contributed by atoms with Gasteiger partial charge in [0.1, 0.15) is 0 Å². The number of hydrogen-bond donors (Lipinski definition) is 4. The zero-order valence-electron chi connectivity index (χ0n) is 20.7. The second kappa shape index (κ2) is 15.6. The van der Waals surface area contributed by atoms with Gasteiger partial charge >= 0.3 is 0 Å². The van der Waals surface area contributed by atoms with E-state index in [2.05, 4.69) is 83.6 Å². The highest BCUT2D eigenvalue weighted by molar-refractivity contribution is 5.03. The Kier molecular flexibility index (Phi) is 15.6. The minimum Gasteiger partial charge on any atom is -0.315 e. The predicted octanol–water partition coefficient (Wildman–Crippen LogP) is 4.57. The van der Waals surface area contributed by atoms with Crippen molar-refractivity contribution in [2.24, 2.45) is 17.3 Å². The van der Waals surface area contributed by atoms with Crippen molar-refractivity contribution in [3.05, 3.63) is 6.04 Å². The average molecular weight is 398 g/mol. The van der Waals surface area contributed by atoms with Crippen LogP contribution >= 0.6 is 0 Å². The van der Waals surface area contributed by atoms with Gasteiger partial charge in [-0.3, -0.25) is 0 Å². The number of rotatable bonds is 17. The first-order chi connectivity index (χ1) is 13.1. The molecule has 3 atom stereocenters. The fourth-order valence-electron chi connectivity index (χ4n) is 3.15. The molecule has 0 aromatic rings. The van der Waals surface area contributed by atoms with Crippen molar-refractivity contribution in [1.29, 1.82) is 0 Å². The molecule has 4 N–H and O–H groups in total. The van der Waals surface area contributed by atoms with E-state index in [-0.39, 0.29) is 0 Å². The topological polar surface area (TPSA) is 48.1 Å². The summed E-state index contributed by atoms with van der Waals surface area (Å²) in [6, 6.07) is 2.28. The van der Waals surface area contributed by atoms with Crippen LogP contribution in [0.25, 0.3) is 0 Å². The Morgan fingerprint density at radius 3 is 2.11 bits per heavy atom. The van der Waals surface area contributed by atoms with E-state index in [1.807, 2.05) is 0 Å². The van der Waals surface area contributed by atoms with Crippen LogP contribution in [0.4, 0.5) is 0 Å². The minimum absolute atomic E-state index is 0.306. The Balaban J connectivity index is 4.97. The Morgan fingerprint density at radius 1 is 0.893 bits per heavy atom. The van der Waals surface area contributed by atoms with Crippen molar-refractivity contribution in [1.82, 2.24) is 21.3 Å². The van der Waals surface area contributed by atoms with E-state index in [0.29, 0.717) is 17.5 Å². The second-order valence-corrected chi connectivity index (χ2v) is 10.4. The van der Waals surface area contributed by atoms with Crippen LogP contribution in [0, 0.1) is 23.3 Å². The largest absolute Gasteiger partial charge is 0.315 e. The van der Waals surface area contributed by atoms with Crippen molar-refractivity contribution in [2.75, 3.05) is 32.7 Å². The summed E-state index contributed by atoms with van der Waals surface area (Å²) in [5.41, 5.74) is 0.306. The van der Waals surface area contributed by atoms with E-state index in [1.165, 1.54) is 31.7 Å². The molecule has 1 radical (unpaired) electrons. The Hall–Kier alpha value is -0.160. The first-order valence-corrected chi connectivity index (χ1v) is 11.9. The van der Waals surface area contributed by atoms with Gasteiger partial charge in [0.15, 0.2) is 0 Å². The third-order valence-corrected chi connectivity index (χ3v) is 5.20. The van der Waals surface area contributed by atoms with E-state index in [9.17, 15) is 0 Å². The minimum atomic E-state index is 0.306. The van der Waals surface area contributed by atoms with Crippen LogP contribution in [0.15, 0.2) is 0 Å². The van der Waals surface area contributed by atoms with Gasteiger partial charge in [-0.2, -0.15) is 0 Å². The maximum Gasteiger partial charge on any atom is 0.0688 e. The molecule has 0 rings (SSSR count). The van der Waals surface area contributed by atoms with Gasteiger partial charge in [-0.1, -0.05) is 68.2 Å². The van der Waals surface area contributed by atoms with Crippen LogP contribution in [0.3, 0.4) is 0 Å². The van der Waals surface area contributed by atoms with Gasteiger partial charge in [0.2, 0.25) is 0 Å². The SMILES string of the molecule is CCCC(C)N[C](CNCC(C)CC)C(CNCC(C)(C)C)NCCC(C)C. The van der Waals surface area contributed by atoms with E-state index in [1.54, 1.807) is 0 Å². The summed E-state index contributed by atoms with van der Waals surface area (Å²) in [6.07, 6.45) is 4.87. The third kappa shape index (κ3) is 15.7. The van der Waals surface area contributed by atoms with Gasteiger partial charge in [0, 0.05) is 31.7 Å². The lowest BCUT2D eigenvalue weighted by molar-refractivity contribution is 0.340. The molecule has 3 unspecified atom stereocenters. The van der Waals surface area contributed by atoms with Crippen molar-refractivity contribution >= 4 is 0 Å². The molecule has 4 nitrogen and oxygen atoms in total. The summed E-state index contributed by atoms with van der Waals surface area (Å²) in [5, 5.41) is 15.1. The highest BCUT2D eigenvalue weighted by Gasteiger charge is 2.24. The lowest BCUT2D eigenvalue weighted by Crippen LogP contribution is -2.54. The normalized spacial score (nSPS) is 16.0. The molecule has 28 heavy (non-hydrogen) atoms. The summed E-state index contributed by atoms with van der Waals surface area (Å²) in [7, 11) is 0. The molecule has 0 saturated heterocycles. The van der Waals surface area contributed by atoms with Gasteiger partial charge < -0.3 is 21.3 Å². The van der Waals surface area contributed by atoms with Crippen LogP contribution in [-0.4, -0.2) is 44.8 Å². The lowest BCUT2D eigenvalue weighted by Gasteiger charge is -2.33. The second-order valence-electron chi connectivity index (χ2n) is 10.4. The molecule has 0 aromatic heterocycles. The van der Waals surface area contributed by atoms with Gasteiger partial charge in [-0.15, -0.1) is 0 Å². The summed E-state index contributed by atoms with van der Waals surface area (Å²) in [4.78, 5) is 0. The molecular weight excluding hydrogens is 344 g/mol. The van der Waals surface area contributed by atoms with E-state index in [0.717, 1.165) is 44.6 Å². The summed E-state index contributed by atoms with van der Waals surface area (Å²) in [5.74, 6) is 1.45. The predicted molar refractivity (Wildman–Crippen MR) is 127 cm³/mol. The van der Waals surface area contributed by atoms with Crippen LogP contribution < -0.4 is 21.3 Å². The zero-order chi connectivity index (χ0) is 21.6. The summed E-state index contributed by atoms with van der Waals surface area (Å²) in [6.45, 7) is 25.7. The molecule has 0 spiro atoms. The highest BCUT2D eigenvalue weighted by atomic mass is 15.1. The lowest BCUT2D eigenvalue weighted by atomic mass is 9.96. The monoisotopic (exact) mass is 397 g/mol. The molecule has 0 aromatic carbocycles. The molecular formula is C24H53N4. The third-order valence-electron chi connectivity index (χ3n) is 5.20. The quantitative estimate of drug-likeness (QED) is 0.290. The van der Waals surface area contributed by atoms with Crippen LogP contribution in [0.2, 0.25) is 0 Å². The molecule has 169 valence electrons. The van der Waals surface area contributed by atoms with Crippen LogP contribution in [-0.2, 0) is 0 Å². The Morgan fingerprint density at radius 2 is 1.57 bits per heavy atom. The first-order valence-electron chi connectivity index (χ1n) is 11.9. The van der Waals surface area contributed by atoms with Gasteiger partial charge in [-0.05, 0) is 50.1 Å². The van der Waals surface area contributed by atoms with Crippen molar-refractivity contribution in [3.63, 3.8) is 0 Å². The first kappa shape index (κ1) is 27.8. The maximum absolute atomic E-state index is 3.85. The molecule has 0 saturated carbocycles. The number of hydrogen-bond acceptors (Lipinski definition) is 4. The average Bonchev–Trinajstić information content (AvgIpc) is 2.58. The maximum atomic E-state index is 3.85. The molecule has 0 aliphatic rings. The van der Waals surface area contributed by atoms with Gasteiger partial charge in [-0.25, -0.2) is 0 Å². The molecule has 0 aliphatic heterocycles. The van der Waals surface area contributed by atoms with E-state index in [4.69, 9.17) is 0 Å². The Labute approximate surface area is 177 Å². The highest BCUT2D eigenvalue weighted by Crippen LogP contribution is 2.12. The molecule has 0 amide bonds. The van der Waals surface area contributed by atoms with Crippen molar-refractivity contribution in [3.8, 4) is 0 Å². The molecule has 0 bridgehead atoms. The van der Waals surface area contributed by atoms with Gasteiger partial charge in [0.25, 0.3) is 0 Å². The molecule has 4 heteroatoms. The smallest absolute Gasteiger partial charge is 0.0688 e. The van der Waals surface area contributed by atoms with Crippen LogP contribution in [0.5, 0.6) is 0 Å². The Bertz CT molecular complexity index is 351. The van der Waals surface area contributed by atoms with E-state index >= 15 is 0 Å². The molecule has 0 heterocycles. The fourth-order valence-corrected chi connectivity index (χ4v) is 3.15. The fraction of sp³-hybridized carbons (Fsp3) is 0.958. The molecule has 0 aliphatic carbocycles. The standard InChI is InChI=1S/C24H53N4/c1-10-12-21(6)28-23(17-25-15-20(5)11-2)22(27-14-13-19(3)4)16-26-18-24(7,8)9/h19-22,25-28H,10-18H2,1-9H3. The summed E-state index contributed by atoms with van der Waals surface area (Å²) >= 11 is 0.